The van der Waals surface area contributed by atoms with Crippen molar-refractivity contribution in [1.29, 1.82) is 0 Å². The molecule has 1 heterocycles. The van der Waals surface area contributed by atoms with Gasteiger partial charge in [0.1, 0.15) is 5.75 Å². The predicted molar refractivity (Wildman–Crippen MR) is 91.3 cm³/mol. The fourth-order valence-electron chi connectivity index (χ4n) is 2.61. The summed E-state index contributed by atoms with van der Waals surface area (Å²) in [5, 5.41) is 9.98. The summed E-state index contributed by atoms with van der Waals surface area (Å²) >= 11 is 0. The smallest absolute Gasteiger partial charge is 0.198 e. The Morgan fingerprint density at radius 2 is 1.92 bits per heavy atom. The molecule has 4 nitrogen and oxygen atoms in total. The minimum Gasteiger partial charge on any atom is -0.451 e. The van der Waals surface area contributed by atoms with Gasteiger partial charge >= 0.3 is 0 Å². The third-order valence-corrected chi connectivity index (χ3v) is 3.92. The van der Waals surface area contributed by atoms with Gasteiger partial charge in [0.2, 0.25) is 0 Å². The molecule has 0 spiro atoms. The van der Waals surface area contributed by atoms with E-state index in [0.717, 1.165) is 5.69 Å². The Kier molecular flexibility index (Phi) is 5.40. The molecular formula is C19H19F2N3O. The van der Waals surface area contributed by atoms with Crippen molar-refractivity contribution in [3.63, 3.8) is 0 Å². The number of aromatic nitrogens is 2. The van der Waals surface area contributed by atoms with Gasteiger partial charge in [-0.1, -0.05) is 31.2 Å². The first-order valence-electron chi connectivity index (χ1n) is 8.11. The molecule has 0 aliphatic carbocycles. The highest BCUT2D eigenvalue weighted by atomic mass is 19.1. The first-order valence-corrected chi connectivity index (χ1v) is 8.11. The van der Waals surface area contributed by atoms with E-state index in [0.29, 0.717) is 24.3 Å². The van der Waals surface area contributed by atoms with Crippen molar-refractivity contribution in [3.8, 4) is 11.5 Å². The summed E-state index contributed by atoms with van der Waals surface area (Å²) in [7, 11) is 0. The quantitative estimate of drug-likeness (QED) is 0.652. The highest BCUT2D eigenvalue weighted by Gasteiger charge is 2.21. The number of hydrogen-bond donors (Lipinski definition) is 2. The van der Waals surface area contributed by atoms with Crippen LogP contribution in [0.15, 0.2) is 54.7 Å². The Hall–Kier alpha value is -2.73. The molecule has 6 heteroatoms. The first kappa shape index (κ1) is 17.1. The van der Waals surface area contributed by atoms with E-state index < -0.39 is 11.6 Å². The largest absolute Gasteiger partial charge is 0.451 e. The van der Waals surface area contributed by atoms with Crippen LogP contribution in [0.2, 0.25) is 0 Å². The number of nitrogens with one attached hydrogen (secondary N) is 2. The van der Waals surface area contributed by atoms with Crippen LogP contribution >= 0.6 is 0 Å². The van der Waals surface area contributed by atoms with Crippen molar-refractivity contribution in [3.05, 3.63) is 77.6 Å². The maximum absolute atomic E-state index is 14.9. The van der Waals surface area contributed by atoms with Gasteiger partial charge in [0.15, 0.2) is 17.4 Å². The van der Waals surface area contributed by atoms with Gasteiger partial charge in [-0.3, -0.25) is 5.10 Å². The third kappa shape index (κ3) is 4.03. The molecule has 0 bridgehead atoms. The lowest BCUT2D eigenvalue weighted by Crippen LogP contribution is -2.22. The van der Waals surface area contributed by atoms with Gasteiger partial charge in [-0.05, 0) is 30.7 Å². The second-order valence-electron chi connectivity index (χ2n) is 5.62. The molecule has 2 N–H and O–H groups in total. The minimum absolute atomic E-state index is 0.276. The molecule has 25 heavy (non-hydrogen) atoms. The zero-order valence-electron chi connectivity index (χ0n) is 13.8. The molecule has 0 saturated carbocycles. The normalized spacial score (nSPS) is 12.1. The van der Waals surface area contributed by atoms with Crippen LogP contribution in [-0.2, 0) is 6.54 Å². The van der Waals surface area contributed by atoms with Crippen LogP contribution in [-0.4, -0.2) is 10.2 Å². The van der Waals surface area contributed by atoms with Gasteiger partial charge in [-0.25, -0.2) is 8.78 Å². The summed E-state index contributed by atoms with van der Waals surface area (Å²) in [6.07, 6.45) is 2.30. The van der Waals surface area contributed by atoms with E-state index in [-0.39, 0.29) is 11.8 Å². The summed E-state index contributed by atoms with van der Waals surface area (Å²) in [6, 6.07) is 12.9. The Balaban J connectivity index is 1.83. The maximum atomic E-state index is 14.9. The lowest BCUT2D eigenvalue weighted by molar-refractivity contribution is 0.394. The maximum Gasteiger partial charge on any atom is 0.198 e. The van der Waals surface area contributed by atoms with E-state index in [9.17, 15) is 8.78 Å². The van der Waals surface area contributed by atoms with E-state index in [1.54, 1.807) is 30.5 Å². The second-order valence-corrected chi connectivity index (χ2v) is 5.62. The number of benzene rings is 2. The fourth-order valence-corrected chi connectivity index (χ4v) is 2.61. The van der Waals surface area contributed by atoms with Gasteiger partial charge in [-0.15, -0.1) is 0 Å². The van der Waals surface area contributed by atoms with Crippen LogP contribution in [0.5, 0.6) is 11.5 Å². The Bertz CT molecular complexity index is 807. The first-order chi connectivity index (χ1) is 12.2. The van der Waals surface area contributed by atoms with Crippen molar-refractivity contribution >= 4 is 0 Å². The van der Waals surface area contributed by atoms with E-state index >= 15 is 0 Å². The van der Waals surface area contributed by atoms with Crippen LogP contribution in [0.1, 0.15) is 30.6 Å². The van der Waals surface area contributed by atoms with Gasteiger partial charge in [0.05, 0.1) is 0 Å². The van der Waals surface area contributed by atoms with Crippen LogP contribution in [0.4, 0.5) is 8.78 Å². The molecule has 0 radical (unpaired) electrons. The highest BCUT2D eigenvalue weighted by molar-refractivity contribution is 5.38. The molecule has 3 rings (SSSR count). The molecule has 130 valence electrons. The Morgan fingerprint density at radius 3 is 2.60 bits per heavy atom. The van der Waals surface area contributed by atoms with E-state index in [2.05, 4.69) is 15.5 Å². The molecule has 3 aromatic rings. The summed E-state index contributed by atoms with van der Waals surface area (Å²) in [5.41, 5.74) is 1.26. The number of H-pyrrole nitrogens is 1. The second kappa shape index (κ2) is 7.90. The number of para-hydroxylation sites is 1. The molecule has 1 atom stereocenters. The zero-order valence-corrected chi connectivity index (χ0v) is 13.8. The number of halogens is 2. The van der Waals surface area contributed by atoms with Crippen LogP contribution < -0.4 is 10.1 Å². The molecule has 0 saturated heterocycles. The molecule has 0 fully saturated rings. The zero-order chi connectivity index (χ0) is 17.6. The molecule has 1 aromatic heterocycles. The highest BCUT2D eigenvalue weighted by Crippen LogP contribution is 2.32. The lowest BCUT2D eigenvalue weighted by Gasteiger charge is -2.19. The molecule has 1 unspecified atom stereocenters. The summed E-state index contributed by atoms with van der Waals surface area (Å²) in [5.74, 6) is -1.41. The average molecular weight is 343 g/mol. The van der Waals surface area contributed by atoms with Crippen molar-refractivity contribution in [1.82, 2.24) is 15.5 Å². The SMILES string of the molecule is CCC(NCc1ccn[nH]1)c1ccc(F)c(Oc2ccccc2)c1F. The molecular weight excluding hydrogens is 324 g/mol. The summed E-state index contributed by atoms with van der Waals surface area (Å²) in [4.78, 5) is 0. The third-order valence-electron chi connectivity index (χ3n) is 3.92. The van der Waals surface area contributed by atoms with E-state index in [1.165, 1.54) is 12.1 Å². The van der Waals surface area contributed by atoms with Crippen molar-refractivity contribution in [2.45, 2.75) is 25.9 Å². The molecule has 0 aliphatic rings. The van der Waals surface area contributed by atoms with Crippen molar-refractivity contribution in [2.75, 3.05) is 0 Å². The summed E-state index contributed by atoms with van der Waals surface area (Å²) in [6.45, 7) is 2.44. The predicted octanol–water partition coefficient (Wildman–Crippen LogP) is 4.72. The monoisotopic (exact) mass is 343 g/mol. The lowest BCUT2D eigenvalue weighted by atomic mass is 10.0. The Labute approximate surface area is 144 Å². The van der Waals surface area contributed by atoms with Gasteiger partial charge < -0.3 is 10.1 Å². The van der Waals surface area contributed by atoms with E-state index in [1.807, 2.05) is 19.1 Å². The Morgan fingerprint density at radius 1 is 1.12 bits per heavy atom. The summed E-state index contributed by atoms with van der Waals surface area (Å²) < 4.78 is 34.4. The number of ether oxygens (including phenoxy) is 1. The van der Waals surface area contributed by atoms with Crippen LogP contribution in [0, 0.1) is 11.6 Å². The average Bonchev–Trinajstić information content (AvgIpc) is 3.15. The molecule has 2 aromatic carbocycles. The minimum atomic E-state index is -0.728. The topological polar surface area (TPSA) is 49.9 Å². The van der Waals surface area contributed by atoms with Crippen molar-refractivity contribution < 1.29 is 13.5 Å². The standard InChI is InChI=1S/C19H19F2N3O/c1-2-17(22-12-13-10-11-23-24-13)15-8-9-16(20)19(18(15)21)25-14-6-4-3-5-7-14/h3-11,17,22H,2,12H2,1H3,(H,23,24). The van der Waals surface area contributed by atoms with Crippen LogP contribution in [0.25, 0.3) is 0 Å². The van der Waals surface area contributed by atoms with E-state index in [4.69, 9.17) is 4.74 Å². The van der Waals surface area contributed by atoms with Gasteiger partial charge in [0, 0.05) is 30.0 Å². The number of aromatic amines is 1. The molecule has 0 amide bonds. The molecule has 0 aliphatic heterocycles. The number of nitrogens with zero attached hydrogens (tertiary/aromatic N) is 1. The fraction of sp³-hybridized carbons (Fsp3) is 0.211. The van der Waals surface area contributed by atoms with Crippen molar-refractivity contribution in [2.24, 2.45) is 0 Å². The van der Waals surface area contributed by atoms with Gasteiger partial charge in [-0.2, -0.15) is 5.10 Å². The number of rotatable bonds is 7. The van der Waals surface area contributed by atoms with Gasteiger partial charge in [0.25, 0.3) is 0 Å². The number of hydrogen-bond acceptors (Lipinski definition) is 3. The van der Waals surface area contributed by atoms with Crippen LogP contribution in [0.3, 0.4) is 0 Å².